The average Bonchev–Trinajstić information content (AvgIpc) is 2.64. The molecule has 0 spiro atoms. The van der Waals surface area contributed by atoms with Crippen LogP contribution in [0.1, 0.15) is 27.9 Å². The van der Waals surface area contributed by atoms with E-state index in [0.29, 0.717) is 29.7 Å². The van der Waals surface area contributed by atoms with Gasteiger partial charge in [-0.25, -0.2) is 4.79 Å². The van der Waals surface area contributed by atoms with Gasteiger partial charge in [-0.3, -0.25) is 9.59 Å². The number of ketones is 1. The zero-order chi connectivity index (χ0) is 18.9. The Hall–Kier alpha value is -3.47. The maximum atomic E-state index is 12.1. The molecular weight excluding hydrogens is 328 g/mol. The monoisotopic (exact) mass is 348 g/mol. The molecule has 0 bridgehead atoms. The van der Waals surface area contributed by atoms with Gasteiger partial charge in [0.1, 0.15) is 6.29 Å². The van der Waals surface area contributed by atoms with Crippen molar-refractivity contribution in [3.05, 3.63) is 84.0 Å². The van der Waals surface area contributed by atoms with Gasteiger partial charge in [0.05, 0.1) is 0 Å². The first-order chi connectivity index (χ1) is 12.5. The molecule has 0 aliphatic rings. The Balaban J connectivity index is 1.89. The number of allylic oxidation sites excluding steroid dienone is 3. The van der Waals surface area contributed by atoms with Gasteiger partial charge in [-0.05, 0) is 41.3 Å². The number of hydrogen-bond acceptors (Lipinski definition) is 3. The number of anilines is 1. The molecular formula is C21H20N2O3. The number of benzene rings is 2. The highest BCUT2D eigenvalue weighted by Gasteiger charge is 2.02. The van der Waals surface area contributed by atoms with E-state index in [4.69, 9.17) is 5.73 Å². The lowest BCUT2D eigenvalue weighted by atomic mass is 10.0. The molecule has 0 saturated heterocycles. The fourth-order valence-electron chi connectivity index (χ4n) is 2.36. The fraction of sp³-hybridized carbons (Fsp3) is 0.0952. The normalized spacial score (nSPS) is 10.5. The van der Waals surface area contributed by atoms with Crippen LogP contribution in [0.25, 0.3) is 5.57 Å². The number of aldehydes is 1. The molecule has 2 rings (SSSR count). The first kappa shape index (κ1) is 18.9. The Morgan fingerprint density at radius 3 is 2.46 bits per heavy atom. The van der Waals surface area contributed by atoms with Crippen LogP contribution >= 0.6 is 0 Å². The first-order valence-electron chi connectivity index (χ1n) is 8.09. The van der Waals surface area contributed by atoms with Gasteiger partial charge in [-0.2, -0.15) is 0 Å². The molecule has 2 aromatic carbocycles. The summed E-state index contributed by atoms with van der Waals surface area (Å²) in [6.45, 7) is 3.93. The largest absolute Gasteiger partial charge is 0.351 e. The van der Waals surface area contributed by atoms with Crippen LogP contribution in [-0.2, 0) is 11.2 Å². The topological polar surface area (TPSA) is 89.3 Å². The lowest BCUT2D eigenvalue weighted by Crippen LogP contribution is -2.19. The van der Waals surface area contributed by atoms with E-state index in [-0.39, 0.29) is 5.78 Å². The van der Waals surface area contributed by atoms with Gasteiger partial charge in [0.15, 0.2) is 5.78 Å². The van der Waals surface area contributed by atoms with Crippen LogP contribution in [0.5, 0.6) is 0 Å². The molecule has 0 aliphatic carbocycles. The minimum atomic E-state index is -0.624. The van der Waals surface area contributed by atoms with Gasteiger partial charge in [0.2, 0.25) is 0 Å². The van der Waals surface area contributed by atoms with Crippen LogP contribution in [0.3, 0.4) is 0 Å². The van der Waals surface area contributed by atoms with Crippen molar-refractivity contribution in [2.75, 3.05) is 5.32 Å². The van der Waals surface area contributed by atoms with E-state index in [1.165, 1.54) is 6.08 Å². The number of carbonyl (C=O) groups excluding carboxylic acids is 3. The van der Waals surface area contributed by atoms with Crippen LogP contribution < -0.4 is 11.1 Å². The summed E-state index contributed by atoms with van der Waals surface area (Å²) in [7, 11) is 0. The van der Waals surface area contributed by atoms with E-state index in [1.54, 1.807) is 48.5 Å². The Labute approximate surface area is 152 Å². The molecule has 3 N–H and O–H groups in total. The van der Waals surface area contributed by atoms with Gasteiger partial charge < -0.3 is 11.1 Å². The molecule has 26 heavy (non-hydrogen) atoms. The lowest BCUT2D eigenvalue weighted by Gasteiger charge is -2.05. The van der Waals surface area contributed by atoms with Crippen molar-refractivity contribution in [1.29, 1.82) is 0 Å². The quantitative estimate of drug-likeness (QED) is 0.432. The summed E-state index contributed by atoms with van der Waals surface area (Å²) in [6.07, 6.45) is 4.84. The van der Waals surface area contributed by atoms with Gasteiger partial charge >= 0.3 is 6.03 Å². The highest BCUT2D eigenvalue weighted by atomic mass is 16.2. The Morgan fingerprint density at radius 2 is 1.81 bits per heavy atom. The van der Waals surface area contributed by atoms with Crippen molar-refractivity contribution in [3.63, 3.8) is 0 Å². The molecule has 0 aromatic heterocycles. The zero-order valence-corrected chi connectivity index (χ0v) is 14.3. The van der Waals surface area contributed by atoms with Crippen LogP contribution in [0.2, 0.25) is 0 Å². The van der Waals surface area contributed by atoms with Gasteiger partial charge in [-0.15, -0.1) is 0 Å². The van der Waals surface area contributed by atoms with Crippen molar-refractivity contribution in [3.8, 4) is 0 Å². The molecule has 0 aliphatic heterocycles. The molecule has 132 valence electrons. The SMILES string of the molecule is C=C(/C=C\C(=O)CCc1cccc(NC(N)=O)c1)c1ccc(C=O)cc1. The number of hydrogen-bond donors (Lipinski definition) is 2. The predicted molar refractivity (Wildman–Crippen MR) is 103 cm³/mol. The number of aryl methyl sites for hydroxylation is 1. The van der Waals surface area contributed by atoms with Crippen molar-refractivity contribution >= 4 is 29.4 Å². The molecule has 0 fully saturated rings. The second-order valence-electron chi connectivity index (χ2n) is 5.75. The third-order valence-electron chi connectivity index (χ3n) is 3.74. The van der Waals surface area contributed by atoms with Crippen LogP contribution in [0, 0.1) is 0 Å². The number of urea groups is 1. The van der Waals surface area contributed by atoms with E-state index in [1.807, 2.05) is 6.07 Å². The summed E-state index contributed by atoms with van der Waals surface area (Å²) < 4.78 is 0. The number of primary amides is 1. The Kier molecular flexibility index (Phi) is 6.62. The second kappa shape index (κ2) is 9.13. The van der Waals surface area contributed by atoms with Crippen molar-refractivity contribution in [2.45, 2.75) is 12.8 Å². The van der Waals surface area contributed by atoms with E-state index >= 15 is 0 Å². The zero-order valence-electron chi connectivity index (χ0n) is 14.3. The highest BCUT2D eigenvalue weighted by molar-refractivity contribution is 5.93. The van der Waals surface area contributed by atoms with E-state index in [0.717, 1.165) is 17.4 Å². The summed E-state index contributed by atoms with van der Waals surface area (Å²) in [5.74, 6) is -0.0241. The summed E-state index contributed by atoms with van der Waals surface area (Å²) in [6, 6.07) is 13.6. The third kappa shape index (κ3) is 5.87. The van der Waals surface area contributed by atoms with Crippen LogP contribution in [0.15, 0.2) is 67.3 Å². The van der Waals surface area contributed by atoms with Crippen molar-refractivity contribution < 1.29 is 14.4 Å². The van der Waals surface area contributed by atoms with E-state index < -0.39 is 6.03 Å². The second-order valence-corrected chi connectivity index (χ2v) is 5.75. The van der Waals surface area contributed by atoms with E-state index in [2.05, 4.69) is 11.9 Å². The number of carbonyl (C=O) groups is 3. The Morgan fingerprint density at radius 1 is 1.08 bits per heavy atom. The summed E-state index contributed by atoms with van der Waals surface area (Å²) in [5, 5.41) is 2.51. The van der Waals surface area contributed by atoms with Crippen LogP contribution in [0.4, 0.5) is 10.5 Å². The van der Waals surface area contributed by atoms with Gasteiger partial charge in [-0.1, -0.05) is 49.1 Å². The molecule has 0 unspecified atom stereocenters. The fourth-order valence-corrected chi connectivity index (χ4v) is 2.36. The van der Waals surface area contributed by atoms with Crippen LogP contribution in [-0.4, -0.2) is 18.1 Å². The standard InChI is InChI=1S/C21H20N2O3/c1-15(18-9-6-17(14-24)7-10-18)5-11-20(25)12-8-16-3-2-4-19(13-16)23-21(22)26/h2-7,9-11,13-14H,1,8,12H2,(H3,22,23,26)/b11-5-. The number of nitrogens with one attached hydrogen (secondary N) is 1. The van der Waals surface area contributed by atoms with E-state index in [9.17, 15) is 14.4 Å². The smallest absolute Gasteiger partial charge is 0.316 e. The lowest BCUT2D eigenvalue weighted by molar-refractivity contribution is -0.114. The molecule has 0 atom stereocenters. The minimum Gasteiger partial charge on any atom is -0.351 e. The summed E-state index contributed by atoms with van der Waals surface area (Å²) in [5.41, 5.74) is 8.77. The van der Waals surface area contributed by atoms with Crippen molar-refractivity contribution in [2.24, 2.45) is 5.73 Å². The van der Waals surface area contributed by atoms with Gasteiger partial charge in [0.25, 0.3) is 0 Å². The molecule has 2 aromatic rings. The maximum absolute atomic E-state index is 12.1. The predicted octanol–water partition coefficient (Wildman–Crippen LogP) is 3.76. The summed E-state index contributed by atoms with van der Waals surface area (Å²) in [4.78, 5) is 33.6. The summed E-state index contributed by atoms with van der Waals surface area (Å²) >= 11 is 0. The molecule has 5 heteroatoms. The molecule has 0 saturated carbocycles. The molecule has 0 radical (unpaired) electrons. The third-order valence-corrected chi connectivity index (χ3v) is 3.74. The van der Waals surface area contributed by atoms with Gasteiger partial charge in [0, 0.05) is 17.7 Å². The first-order valence-corrected chi connectivity index (χ1v) is 8.09. The number of amides is 2. The maximum Gasteiger partial charge on any atom is 0.316 e. The minimum absolute atomic E-state index is 0.0241. The number of rotatable bonds is 8. The molecule has 0 heterocycles. The molecule has 2 amide bonds. The number of nitrogens with two attached hydrogens (primary N) is 1. The average molecular weight is 348 g/mol. The Bertz CT molecular complexity index is 852. The molecule has 5 nitrogen and oxygen atoms in total. The van der Waals surface area contributed by atoms with Crippen molar-refractivity contribution in [1.82, 2.24) is 0 Å². The highest BCUT2D eigenvalue weighted by Crippen LogP contribution is 2.15.